The summed E-state index contributed by atoms with van der Waals surface area (Å²) in [5, 5.41) is 3.14. The van der Waals surface area contributed by atoms with E-state index in [9.17, 15) is 9.18 Å². The zero-order valence-electron chi connectivity index (χ0n) is 11.1. The van der Waals surface area contributed by atoms with Gasteiger partial charge in [0, 0.05) is 12.5 Å². The lowest BCUT2D eigenvalue weighted by atomic mass is 9.95. The van der Waals surface area contributed by atoms with E-state index in [1.54, 1.807) is 12.1 Å². The van der Waals surface area contributed by atoms with Crippen molar-refractivity contribution in [2.75, 3.05) is 0 Å². The summed E-state index contributed by atoms with van der Waals surface area (Å²) in [5.41, 5.74) is 0.630. The van der Waals surface area contributed by atoms with Gasteiger partial charge in [-0.25, -0.2) is 4.39 Å². The molecule has 2 bridgehead atoms. The first-order chi connectivity index (χ1) is 9.22. The van der Waals surface area contributed by atoms with E-state index in [0.717, 1.165) is 12.3 Å². The SMILES string of the molecule is O=C(CCc1ccccc1F)NC1CC2CCC1C2. The smallest absolute Gasteiger partial charge is 0.220 e. The van der Waals surface area contributed by atoms with Crippen molar-refractivity contribution in [2.45, 2.75) is 44.6 Å². The molecule has 19 heavy (non-hydrogen) atoms. The fourth-order valence-corrected chi connectivity index (χ4v) is 3.65. The first kappa shape index (κ1) is 12.6. The highest BCUT2D eigenvalue weighted by Gasteiger charge is 2.39. The van der Waals surface area contributed by atoms with Crippen molar-refractivity contribution in [1.82, 2.24) is 5.32 Å². The topological polar surface area (TPSA) is 29.1 Å². The quantitative estimate of drug-likeness (QED) is 0.886. The Hall–Kier alpha value is -1.38. The highest BCUT2D eigenvalue weighted by Crippen LogP contribution is 2.44. The Bertz CT molecular complexity index is 474. The average molecular weight is 261 g/mol. The fourth-order valence-electron chi connectivity index (χ4n) is 3.65. The molecule has 3 unspecified atom stereocenters. The number of fused-ring (bicyclic) bond motifs is 2. The molecule has 2 nitrogen and oxygen atoms in total. The molecule has 0 saturated heterocycles. The van der Waals surface area contributed by atoms with E-state index in [1.807, 2.05) is 6.07 Å². The molecule has 2 aliphatic carbocycles. The van der Waals surface area contributed by atoms with Gasteiger partial charge in [-0.3, -0.25) is 4.79 Å². The Morgan fingerprint density at radius 3 is 2.79 bits per heavy atom. The van der Waals surface area contributed by atoms with Crippen molar-refractivity contribution in [2.24, 2.45) is 11.8 Å². The van der Waals surface area contributed by atoms with E-state index >= 15 is 0 Å². The summed E-state index contributed by atoms with van der Waals surface area (Å²) in [7, 11) is 0. The molecule has 3 rings (SSSR count). The summed E-state index contributed by atoms with van der Waals surface area (Å²) in [4.78, 5) is 11.9. The summed E-state index contributed by atoms with van der Waals surface area (Å²) in [6, 6.07) is 7.07. The molecule has 0 aliphatic heterocycles. The van der Waals surface area contributed by atoms with Crippen molar-refractivity contribution >= 4 is 5.91 Å². The first-order valence-electron chi connectivity index (χ1n) is 7.25. The van der Waals surface area contributed by atoms with Crippen molar-refractivity contribution in [3.8, 4) is 0 Å². The Kier molecular flexibility index (Phi) is 3.54. The number of hydrogen-bond acceptors (Lipinski definition) is 1. The maximum atomic E-state index is 13.4. The predicted octanol–water partition coefficient (Wildman–Crippen LogP) is 3.06. The zero-order chi connectivity index (χ0) is 13.2. The van der Waals surface area contributed by atoms with Crippen molar-refractivity contribution in [3.05, 3.63) is 35.6 Å². The van der Waals surface area contributed by atoms with Gasteiger partial charge in [0.25, 0.3) is 0 Å². The van der Waals surface area contributed by atoms with Crippen molar-refractivity contribution < 1.29 is 9.18 Å². The van der Waals surface area contributed by atoms with Crippen LogP contribution in [0.3, 0.4) is 0 Å². The van der Waals surface area contributed by atoms with Gasteiger partial charge < -0.3 is 5.32 Å². The first-order valence-corrected chi connectivity index (χ1v) is 7.25. The molecule has 2 fully saturated rings. The van der Waals surface area contributed by atoms with Gasteiger partial charge in [-0.05, 0) is 49.1 Å². The normalized spacial score (nSPS) is 28.6. The van der Waals surface area contributed by atoms with Gasteiger partial charge in [-0.2, -0.15) is 0 Å². The van der Waals surface area contributed by atoms with Gasteiger partial charge in [0.05, 0.1) is 0 Å². The zero-order valence-corrected chi connectivity index (χ0v) is 11.1. The molecular weight excluding hydrogens is 241 g/mol. The lowest BCUT2D eigenvalue weighted by Gasteiger charge is -2.22. The second kappa shape index (κ2) is 5.32. The van der Waals surface area contributed by atoms with Crippen LogP contribution in [0, 0.1) is 17.7 Å². The van der Waals surface area contributed by atoms with Crippen molar-refractivity contribution in [1.29, 1.82) is 0 Å². The lowest BCUT2D eigenvalue weighted by Crippen LogP contribution is -2.38. The number of amides is 1. The third-order valence-corrected chi connectivity index (χ3v) is 4.66. The molecule has 1 aromatic rings. The van der Waals surface area contributed by atoms with E-state index in [4.69, 9.17) is 0 Å². The largest absolute Gasteiger partial charge is 0.353 e. The highest BCUT2D eigenvalue weighted by atomic mass is 19.1. The minimum Gasteiger partial charge on any atom is -0.353 e. The van der Waals surface area contributed by atoms with Crippen LogP contribution in [-0.4, -0.2) is 11.9 Å². The number of rotatable bonds is 4. The van der Waals surface area contributed by atoms with Gasteiger partial charge in [0.2, 0.25) is 5.91 Å². The molecule has 1 N–H and O–H groups in total. The number of aryl methyl sites for hydroxylation is 1. The second-order valence-corrected chi connectivity index (χ2v) is 5.94. The average Bonchev–Trinajstić information content (AvgIpc) is 3.00. The molecular formula is C16H20FNO. The van der Waals surface area contributed by atoms with E-state index in [2.05, 4.69) is 5.32 Å². The third-order valence-electron chi connectivity index (χ3n) is 4.66. The number of carbonyl (C=O) groups is 1. The number of hydrogen-bond donors (Lipinski definition) is 1. The Morgan fingerprint density at radius 2 is 2.11 bits per heavy atom. The lowest BCUT2D eigenvalue weighted by molar-refractivity contribution is -0.122. The van der Waals surface area contributed by atoms with Crippen LogP contribution in [0.5, 0.6) is 0 Å². The molecule has 0 heterocycles. The van der Waals surface area contributed by atoms with Gasteiger partial charge in [-0.1, -0.05) is 24.6 Å². The van der Waals surface area contributed by atoms with E-state index < -0.39 is 0 Å². The van der Waals surface area contributed by atoms with Crippen LogP contribution in [0.15, 0.2) is 24.3 Å². The molecule has 3 atom stereocenters. The van der Waals surface area contributed by atoms with Crippen LogP contribution in [0.2, 0.25) is 0 Å². The van der Waals surface area contributed by atoms with Gasteiger partial charge in [0.1, 0.15) is 5.82 Å². The van der Waals surface area contributed by atoms with E-state index in [0.29, 0.717) is 30.4 Å². The number of halogens is 1. The van der Waals surface area contributed by atoms with E-state index in [-0.39, 0.29) is 11.7 Å². The summed E-state index contributed by atoms with van der Waals surface area (Å²) in [6.45, 7) is 0. The van der Waals surface area contributed by atoms with Gasteiger partial charge >= 0.3 is 0 Å². The minimum absolute atomic E-state index is 0.0702. The summed E-state index contributed by atoms with van der Waals surface area (Å²) >= 11 is 0. The summed E-state index contributed by atoms with van der Waals surface area (Å²) in [5.74, 6) is 1.39. The molecule has 0 radical (unpaired) electrons. The van der Waals surface area contributed by atoms with Crippen LogP contribution in [0.1, 0.15) is 37.7 Å². The molecule has 102 valence electrons. The van der Waals surface area contributed by atoms with Crippen LogP contribution >= 0.6 is 0 Å². The van der Waals surface area contributed by atoms with Crippen LogP contribution in [0.25, 0.3) is 0 Å². The van der Waals surface area contributed by atoms with Crippen LogP contribution < -0.4 is 5.32 Å². The van der Waals surface area contributed by atoms with Crippen LogP contribution in [0.4, 0.5) is 4.39 Å². The van der Waals surface area contributed by atoms with E-state index in [1.165, 1.54) is 25.3 Å². The Labute approximate surface area is 113 Å². The molecule has 2 aliphatic rings. The Balaban J connectivity index is 1.48. The molecule has 3 heteroatoms. The maximum absolute atomic E-state index is 13.4. The standard InChI is InChI=1S/C16H20FNO/c17-14-4-2-1-3-12(14)7-8-16(19)18-15-10-11-5-6-13(15)9-11/h1-4,11,13,15H,5-10H2,(H,18,19). The monoisotopic (exact) mass is 261 g/mol. The van der Waals surface area contributed by atoms with Crippen LogP contribution in [-0.2, 0) is 11.2 Å². The minimum atomic E-state index is -0.213. The Morgan fingerprint density at radius 1 is 1.26 bits per heavy atom. The number of benzene rings is 1. The molecule has 1 amide bonds. The summed E-state index contributed by atoms with van der Waals surface area (Å²) < 4.78 is 13.4. The summed E-state index contributed by atoms with van der Waals surface area (Å²) in [6.07, 6.45) is 5.91. The molecule has 0 aromatic heterocycles. The third kappa shape index (κ3) is 2.80. The number of carbonyl (C=O) groups excluding carboxylic acids is 1. The maximum Gasteiger partial charge on any atom is 0.220 e. The fraction of sp³-hybridized carbons (Fsp3) is 0.562. The molecule has 2 saturated carbocycles. The predicted molar refractivity (Wildman–Crippen MR) is 72.1 cm³/mol. The van der Waals surface area contributed by atoms with Crippen molar-refractivity contribution in [3.63, 3.8) is 0 Å². The molecule has 1 aromatic carbocycles. The van der Waals surface area contributed by atoms with Gasteiger partial charge in [-0.15, -0.1) is 0 Å². The number of nitrogens with one attached hydrogen (secondary N) is 1. The highest BCUT2D eigenvalue weighted by molar-refractivity contribution is 5.76. The second-order valence-electron chi connectivity index (χ2n) is 5.94. The van der Waals surface area contributed by atoms with Gasteiger partial charge in [0.15, 0.2) is 0 Å². The molecule has 0 spiro atoms.